The van der Waals surface area contributed by atoms with Crippen molar-refractivity contribution in [2.75, 3.05) is 51.3 Å². The molecule has 1 saturated heterocycles. The number of anilines is 1. The lowest BCUT2D eigenvalue weighted by Gasteiger charge is -2.36. The highest BCUT2D eigenvalue weighted by atomic mass is 32.2. The van der Waals surface area contributed by atoms with Crippen LogP contribution in [0.25, 0.3) is 6.08 Å². The van der Waals surface area contributed by atoms with Crippen molar-refractivity contribution in [2.45, 2.75) is 18.7 Å². The van der Waals surface area contributed by atoms with E-state index >= 15 is 0 Å². The van der Waals surface area contributed by atoms with E-state index in [2.05, 4.69) is 4.90 Å². The minimum atomic E-state index is -3.57. The topological polar surface area (TPSA) is 70.2 Å². The second-order valence-electron chi connectivity index (χ2n) is 7.48. The van der Waals surface area contributed by atoms with Crippen LogP contribution in [0.5, 0.6) is 5.75 Å². The molecule has 0 aliphatic carbocycles. The fourth-order valence-corrected chi connectivity index (χ4v) is 5.27. The third kappa shape index (κ3) is 5.31. The summed E-state index contributed by atoms with van der Waals surface area (Å²) < 4.78 is 32.9. The fourth-order valence-electron chi connectivity index (χ4n) is 3.79. The van der Waals surface area contributed by atoms with E-state index in [9.17, 15) is 13.2 Å². The van der Waals surface area contributed by atoms with E-state index in [0.29, 0.717) is 45.0 Å². The van der Waals surface area contributed by atoms with Gasteiger partial charge in [-0.25, -0.2) is 8.42 Å². The molecule has 1 amide bonds. The van der Waals surface area contributed by atoms with Gasteiger partial charge in [-0.3, -0.25) is 4.79 Å². The molecule has 1 aliphatic rings. The van der Waals surface area contributed by atoms with Crippen molar-refractivity contribution in [1.82, 2.24) is 9.21 Å². The molecular formula is C24H31N3O4S. The predicted molar refractivity (Wildman–Crippen MR) is 127 cm³/mol. The van der Waals surface area contributed by atoms with Crippen molar-refractivity contribution in [1.29, 1.82) is 0 Å². The van der Waals surface area contributed by atoms with Crippen molar-refractivity contribution >= 4 is 27.7 Å². The lowest BCUT2D eigenvalue weighted by molar-refractivity contribution is -0.126. The monoisotopic (exact) mass is 457 g/mol. The Hall–Kier alpha value is -2.84. The number of benzene rings is 2. The second kappa shape index (κ2) is 10.7. The van der Waals surface area contributed by atoms with Crippen LogP contribution in [0.4, 0.5) is 5.69 Å². The summed E-state index contributed by atoms with van der Waals surface area (Å²) >= 11 is 0. The standard InChI is InChI=1S/C24H31N3O4S/c1-4-27(5-2)32(29,30)21-12-13-23(31-3)22(19-21)25-15-17-26(18-16-25)24(28)14-11-20-9-7-6-8-10-20/h6-14,19H,4-5,15-18H2,1-3H3/b14-11+. The van der Waals surface area contributed by atoms with Crippen LogP contribution in [0.3, 0.4) is 0 Å². The molecule has 1 fully saturated rings. The van der Waals surface area contributed by atoms with Crippen LogP contribution in [0.15, 0.2) is 59.5 Å². The molecule has 8 heteroatoms. The number of amides is 1. The van der Waals surface area contributed by atoms with Gasteiger partial charge in [-0.2, -0.15) is 4.31 Å². The lowest BCUT2D eigenvalue weighted by atomic mass is 10.2. The van der Waals surface area contributed by atoms with Crippen LogP contribution < -0.4 is 9.64 Å². The van der Waals surface area contributed by atoms with Gasteiger partial charge in [0.15, 0.2) is 0 Å². The smallest absolute Gasteiger partial charge is 0.246 e. The van der Waals surface area contributed by atoms with E-state index in [1.807, 2.05) is 50.3 Å². The number of ether oxygens (including phenoxy) is 1. The molecular weight excluding hydrogens is 426 g/mol. The zero-order valence-corrected chi connectivity index (χ0v) is 19.7. The summed E-state index contributed by atoms with van der Waals surface area (Å²) in [6, 6.07) is 14.7. The molecule has 0 N–H and O–H groups in total. The molecule has 2 aromatic carbocycles. The van der Waals surface area contributed by atoms with Gasteiger partial charge >= 0.3 is 0 Å². The Kier molecular flexibility index (Phi) is 7.93. The highest BCUT2D eigenvalue weighted by molar-refractivity contribution is 7.89. The Morgan fingerprint density at radius 3 is 2.28 bits per heavy atom. The number of rotatable bonds is 8. The summed E-state index contributed by atoms with van der Waals surface area (Å²) in [5.74, 6) is 0.588. The Bertz CT molecular complexity index is 1040. The number of carbonyl (C=O) groups excluding carboxylic acids is 1. The summed E-state index contributed by atoms with van der Waals surface area (Å²) in [5, 5.41) is 0. The van der Waals surface area contributed by atoms with Gasteiger partial charge < -0.3 is 14.5 Å². The Labute approximate surface area is 190 Å². The number of piperazine rings is 1. The second-order valence-corrected chi connectivity index (χ2v) is 9.42. The summed E-state index contributed by atoms with van der Waals surface area (Å²) in [4.78, 5) is 16.7. The van der Waals surface area contributed by atoms with Crippen LogP contribution in [-0.4, -0.2) is 69.9 Å². The molecule has 0 atom stereocenters. The molecule has 0 unspecified atom stereocenters. The molecule has 1 aliphatic heterocycles. The first kappa shape index (κ1) is 23.8. The molecule has 0 bridgehead atoms. The molecule has 172 valence electrons. The van der Waals surface area contributed by atoms with E-state index in [-0.39, 0.29) is 10.8 Å². The van der Waals surface area contributed by atoms with E-state index in [1.54, 1.807) is 36.3 Å². The van der Waals surface area contributed by atoms with Crippen molar-refractivity contribution in [3.8, 4) is 5.75 Å². The number of hydrogen-bond acceptors (Lipinski definition) is 5. The van der Waals surface area contributed by atoms with Crippen molar-refractivity contribution in [3.05, 3.63) is 60.2 Å². The summed E-state index contributed by atoms with van der Waals surface area (Å²) in [6.07, 6.45) is 3.42. The van der Waals surface area contributed by atoms with Crippen molar-refractivity contribution in [3.63, 3.8) is 0 Å². The normalized spacial score (nSPS) is 14.9. The van der Waals surface area contributed by atoms with E-state index in [0.717, 1.165) is 11.3 Å². The summed E-state index contributed by atoms with van der Waals surface area (Å²) in [6.45, 7) is 6.77. The highest BCUT2D eigenvalue weighted by Gasteiger charge is 2.26. The molecule has 2 aromatic rings. The largest absolute Gasteiger partial charge is 0.495 e. The Morgan fingerprint density at radius 1 is 1.03 bits per heavy atom. The maximum atomic E-state index is 13.0. The van der Waals surface area contributed by atoms with Gasteiger partial charge in [0.2, 0.25) is 15.9 Å². The zero-order chi connectivity index (χ0) is 23.1. The van der Waals surface area contributed by atoms with Crippen LogP contribution in [0, 0.1) is 0 Å². The number of methoxy groups -OCH3 is 1. The highest BCUT2D eigenvalue weighted by Crippen LogP contribution is 2.32. The molecule has 1 heterocycles. The summed E-state index contributed by atoms with van der Waals surface area (Å²) in [7, 11) is -1.99. The van der Waals surface area contributed by atoms with Gasteiger partial charge in [0.05, 0.1) is 17.7 Å². The molecule has 0 radical (unpaired) electrons. The van der Waals surface area contributed by atoms with Crippen molar-refractivity contribution < 1.29 is 17.9 Å². The number of carbonyl (C=O) groups is 1. The molecule has 0 saturated carbocycles. The third-order valence-electron chi connectivity index (χ3n) is 5.64. The minimum Gasteiger partial charge on any atom is -0.495 e. The van der Waals surface area contributed by atoms with Crippen molar-refractivity contribution in [2.24, 2.45) is 0 Å². The first-order chi connectivity index (χ1) is 15.4. The quantitative estimate of drug-likeness (QED) is 0.570. The van der Waals surface area contributed by atoms with Gasteiger partial charge in [0, 0.05) is 45.3 Å². The zero-order valence-electron chi connectivity index (χ0n) is 18.9. The molecule has 0 spiro atoms. The first-order valence-corrected chi connectivity index (χ1v) is 12.3. The van der Waals surface area contributed by atoms with E-state index in [1.165, 1.54) is 4.31 Å². The van der Waals surface area contributed by atoms with E-state index in [4.69, 9.17) is 4.74 Å². The lowest BCUT2D eigenvalue weighted by Crippen LogP contribution is -2.48. The maximum absolute atomic E-state index is 13.0. The number of hydrogen-bond donors (Lipinski definition) is 0. The van der Waals surface area contributed by atoms with Crippen LogP contribution in [0.2, 0.25) is 0 Å². The maximum Gasteiger partial charge on any atom is 0.246 e. The average molecular weight is 458 g/mol. The molecule has 7 nitrogen and oxygen atoms in total. The fraction of sp³-hybridized carbons (Fsp3) is 0.375. The first-order valence-electron chi connectivity index (χ1n) is 10.9. The number of nitrogens with zero attached hydrogens (tertiary/aromatic N) is 3. The van der Waals surface area contributed by atoms with Crippen LogP contribution in [-0.2, 0) is 14.8 Å². The van der Waals surface area contributed by atoms with Gasteiger partial charge in [0.25, 0.3) is 0 Å². The molecule has 3 rings (SSSR count). The van der Waals surface area contributed by atoms with E-state index < -0.39 is 10.0 Å². The molecule has 32 heavy (non-hydrogen) atoms. The number of sulfonamides is 1. The minimum absolute atomic E-state index is 0.0293. The third-order valence-corrected chi connectivity index (χ3v) is 7.69. The predicted octanol–water partition coefficient (Wildman–Crippen LogP) is 3.09. The molecule has 0 aromatic heterocycles. The summed E-state index contributed by atoms with van der Waals surface area (Å²) in [5.41, 5.74) is 1.71. The van der Waals surface area contributed by atoms with Gasteiger partial charge in [0.1, 0.15) is 5.75 Å². The van der Waals surface area contributed by atoms with Crippen LogP contribution in [0.1, 0.15) is 19.4 Å². The SMILES string of the molecule is CCN(CC)S(=O)(=O)c1ccc(OC)c(N2CCN(C(=O)/C=C/c3ccccc3)CC2)c1. The average Bonchev–Trinajstić information content (AvgIpc) is 2.83. The Morgan fingerprint density at radius 2 is 1.69 bits per heavy atom. The van der Waals surface area contributed by atoms with Gasteiger partial charge in [-0.1, -0.05) is 44.2 Å². The van der Waals surface area contributed by atoms with Crippen LogP contribution >= 0.6 is 0 Å². The Balaban J connectivity index is 1.73. The van der Waals surface area contributed by atoms with Gasteiger partial charge in [-0.15, -0.1) is 0 Å². The van der Waals surface area contributed by atoms with Gasteiger partial charge in [-0.05, 0) is 29.8 Å².